The predicted octanol–water partition coefficient (Wildman–Crippen LogP) is 3.09. The van der Waals surface area contributed by atoms with Gasteiger partial charge in [-0.25, -0.2) is 0 Å². The molecule has 2 rings (SSSR count). The Morgan fingerprint density at radius 1 is 1.33 bits per heavy atom. The highest BCUT2D eigenvalue weighted by molar-refractivity contribution is 5.83. The number of methoxy groups -OCH3 is 1. The van der Waals surface area contributed by atoms with E-state index >= 15 is 0 Å². The van der Waals surface area contributed by atoms with Crippen LogP contribution in [-0.4, -0.2) is 23.7 Å². The summed E-state index contributed by atoms with van der Waals surface area (Å²) in [6, 6.07) is 8.98. The second-order valence-corrected chi connectivity index (χ2v) is 5.58. The molecule has 0 bridgehead atoms. The summed E-state index contributed by atoms with van der Waals surface area (Å²) in [6.07, 6.45) is 3.35. The van der Waals surface area contributed by atoms with Gasteiger partial charge in [0.2, 0.25) is 0 Å². The van der Waals surface area contributed by atoms with Gasteiger partial charge in [0.05, 0.1) is 12.6 Å². The lowest BCUT2D eigenvalue weighted by Crippen LogP contribution is -2.22. The second kappa shape index (κ2) is 7.27. The van der Waals surface area contributed by atoms with E-state index in [4.69, 9.17) is 0 Å². The Morgan fingerprint density at radius 3 is 2.86 bits per heavy atom. The van der Waals surface area contributed by atoms with Crippen molar-refractivity contribution in [2.24, 2.45) is 0 Å². The first-order valence-electron chi connectivity index (χ1n) is 7.48. The van der Waals surface area contributed by atoms with Gasteiger partial charge in [0, 0.05) is 31.7 Å². The molecular weight excluding hydrogens is 264 g/mol. The lowest BCUT2D eigenvalue weighted by molar-refractivity contribution is -0.140. The highest BCUT2D eigenvalue weighted by Gasteiger charge is 2.08. The number of hydrogen-bond acceptors (Lipinski definition) is 3. The Kier molecular flexibility index (Phi) is 5.39. The molecule has 0 aliphatic heterocycles. The molecule has 1 aromatic carbocycles. The summed E-state index contributed by atoms with van der Waals surface area (Å²) in [5, 5.41) is 4.71. The molecule has 1 aromatic heterocycles. The fourth-order valence-corrected chi connectivity index (χ4v) is 2.48. The number of benzene rings is 1. The smallest absolute Gasteiger partial charge is 0.305 e. The molecular formula is C17H24N2O2. The lowest BCUT2D eigenvalue weighted by Gasteiger charge is -2.12. The van der Waals surface area contributed by atoms with Crippen molar-refractivity contribution < 1.29 is 9.53 Å². The Hall–Kier alpha value is -1.81. The molecule has 4 nitrogen and oxygen atoms in total. The summed E-state index contributed by atoms with van der Waals surface area (Å²) < 4.78 is 6.92. The zero-order chi connectivity index (χ0) is 15.2. The van der Waals surface area contributed by atoms with Crippen molar-refractivity contribution >= 4 is 16.9 Å². The molecule has 0 aliphatic carbocycles. The van der Waals surface area contributed by atoms with Gasteiger partial charge in [-0.05, 0) is 23.4 Å². The van der Waals surface area contributed by atoms with E-state index in [1.165, 1.54) is 23.6 Å². The minimum Gasteiger partial charge on any atom is -0.469 e. The highest BCUT2D eigenvalue weighted by atomic mass is 16.5. The van der Waals surface area contributed by atoms with Crippen molar-refractivity contribution in [3.05, 3.63) is 36.0 Å². The third-order valence-corrected chi connectivity index (χ3v) is 3.58. The zero-order valence-corrected chi connectivity index (χ0v) is 13.1. The van der Waals surface area contributed by atoms with Gasteiger partial charge in [-0.1, -0.05) is 32.0 Å². The maximum atomic E-state index is 11.2. The maximum absolute atomic E-state index is 11.2. The molecule has 0 unspecified atom stereocenters. The Labute approximate surface area is 126 Å². The number of carbonyl (C=O) groups is 1. The van der Waals surface area contributed by atoms with Crippen LogP contribution in [0, 0.1) is 0 Å². The second-order valence-electron chi connectivity index (χ2n) is 5.58. The number of aromatic nitrogens is 1. The van der Waals surface area contributed by atoms with Crippen LogP contribution in [0.1, 0.15) is 32.3 Å². The van der Waals surface area contributed by atoms with Crippen LogP contribution in [0.15, 0.2) is 30.5 Å². The van der Waals surface area contributed by atoms with Gasteiger partial charge in [0.25, 0.3) is 0 Å². The van der Waals surface area contributed by atoms with Crippen molar-refractivity contribution in [2.45, 2.75) is 45.8 Å². The van der Waals surface area contributed by atoms with Gasteiger partial charge in [-0.2, -0.15) is 0 Å². The number of carbonyl (C=O) groups excluding carboxylic acids is 1. The van der Waals surface area contributed by atoms with Gasteiger partial charge in [0.1, 0.15) is 0 Å². The third-order valence-electron chi connectivity index (χ3n) is 3.58. The van der Waals surface area contributed by atoms with Crippen molar-refractivity contribution in [3.63, 3.8) is 0 Å². The van der Waals surface area contributed by atoms with Crippen molar-refractivity contribution in [3.8, 4) is 0 Å². The molecule has 0 saturated heterocycles. The Bertz CT molecular complexity index is 602. The Balaban J connectivity index is 2.14. The third kappa shape index (κ3) is 4.08. The van der Waals surface area contributed by atoms with Crippen LogP contribution >= 0.6 is 0 Å². The number of ether oxygens (including phenoxy) is 1. The molecule has 21 heavy (non-hydrogen) atoms. The van der Waals surface area contributed by atoms with Crippen LogP contribution in [0.5, 0.6) is 0 Å². The molecule has 0 saturated carbocycles. The monoisotopic (exact) mass is 288 g/mol. The fourth-order valence-electron chi connectivity index (χ4n) is 2.48. The van der Waals surface area contributed by atoms with E-state index in [0.717, 1.165) is 19.5 Å². The molecule has 1 N–H and O–H groups in total. The summed E-state index contributed by atoms with van der Waals surface area (Å²) >= 11 is 0. The number of fused-ring (bicyclic) bond motifs is 1. The van der Waals surface area contributed by atoms with E-state index in [0.29, 0.717) is 12.5 Å². The van der Waals surface area contributed by atoms with Gasteiger partial charge in [-0.15, -0.1) is 0 Å². The molecule has 0 atom stereocenters. The van der Waals surface area contributed by atoms with Crippen molar-refractivity contribution in [1.82, 2.24) is 9.88 Å². The van der Waals surface area contributed by atoms with Crippen LogP contribution in [-0.2, 0) is 22.6 Å². The van der Waals surface area contributed by atoms with Crippen LogP contribution < -0.4 is 5.32 Å². The van der Waals surface area contributed by atoms with E-state index in [9.17, 15) is 4.79 Å². The number of para-hydroxylation sites is 1. The highest BCUT2D eigenvalue weighted by Crippen LogP contribution is 2.21. The fraction of sp³-hybridized carbons (Fsp3) is 0.471. The van der Waals surface area contributed by atoms with E-state index in [1.807, 2.05) is 0 Å². The number of nitrogens with zero attached hydrogens (tertiary/aromatic N) is 1. The first-order valence-corrected chi connectivity index (χ1v) is 7.48. The molecule has 114 valence electrons. The van der Waals surface area contributed by atoms with Gasteiger partial charge in [0.15, 0.2) is 0 Å². The van der Waals surface area contributed by atoms with Crippen molar-refractivity contribution in [2.75, 3.05) is 7.11 Å². The average molecular weight is 288 g/mol. The maximum Gasteiger partial charge on any atom is 0.305 e. The van der Waals surface area contributed by atoms with E-state index in [-0.39, 0.29) is 5.97 Å². The van der Waals surface area contributed by atoms with E-state index in [2.05, 4.69) is 58.9 Å². The normalized spacial score (nSPS) is 11.2. The summed E-state index contributed by atoms with van der Waals surface area (Å²) in [5.41, 5.74) is 2.56. The summed E-state index contributed by atoms with van der Waals surface area (Å²) in [5.74, 6) is -0.145. The number of nitrogens with one attached hydrogen (secondary N) is 1. The van der Waals surface area contributed by atoms with Crippen LogP contribution in [0.2, 0.25) is 0 Å². The Morgan fingerprint density at radius 2 is 2.14 bits per heavy atom. The summed E-state index contributed by atoms with van der Waals surface area (Å²) in [7, 11) is 1.43. The first-order chi connectivity index (χ1) is 10.1. The average Bonchev–Trinajstić information content (AvgIpc) is 2.88. The molecule has 1 heterocycles. The number of aryl methyl sites for hydroxylation is 1. The quantitative estimate of drug-likeness (QED) is 0.796. The minimum atomic E-state index is -0.145. The number of hydrogen-bond donors (Lipinski definition) is 1. The van der Waals surface area contributed by atoms with Gasteiger partial charge < -0.3 is 14.6 Å². The van der Waals surface area contributed by atoms with Gasteiger partial charge in [-0.3, -0.25) is 4.79 Å². The number of esters is 1. The molecule has 0 radical (unpaired) electrons. The lowest BCUT2D eigenvalue weighted by atomic mass is 10.1. The molecule has 0 spiro atoms. The standard InChI is InChI=1S/C17H24N2O2/c1-13(2)18-12-15-7-4-6-14-9-11-19(17(14)15)10-5-8-16(20)21-3/h4,6-7,9,11,13,18H,5,8,10,12H2,1-3H3. The van der Waals surface area contributed by atoms with Crippen molar-refractivity contribution in [1.29, 1.82) is 0 Å². The molecule has 4 heteroatoms. The predicted molar refractivity (Wildman–Crippen MR) is 85.2 cm³/mol. The largest absolute Gasteiger partial charge is 0.469 e. The summed E-state index contributed by atoms with van der Waals surface area (Å²) in [6.45, 7) is 5.98. The van der Waals surface area contributed by atoms with E-state index in [1.54, 1.807) is 0 Å². The van der Waals surface area contributed by atoms with Crippen LogP contribution in [0.25, 0.3) is 10.9 Å². The van der Waals surface area contributed by atoms with Gasteiger partial charge >= 0.3 is 5.97 Å². The minimum absolute atomic E-state index is 0.145. The topological polar surface area (TPSA) is 43.3 Å². The van der Waals surface area contributed by atoms with Crippen LogP contribution in [0.3, 0.4) is 0 Å². The van der Waals surface area contributed by atoms with Crippen LogP contribution in [0.4, 0.5) is 0 Å². The molecule has 0 amide bonds. The molecule has 0 aliphatic rings. The number of rotatable bonds is 7. The summed E-state index contributed by atoms with van der Waals surface area (Å²) in [4.78, 5) is 11.2. The first kappa shape index (κ1) is 15.6. The SMILES string of the molecule is COC(=O)CCCn1ccc2cccc(CNC(C)C)c21. The molecule has 0 fully saturated rings. The molecule has 2 aromatic rings. The zero-order valence-electron chi connectivity index (χ0n) is 13.1. The van der Waals surface area contributed by atoms with E-state index < -0.39 is 0 Å².